The van der Waals surface area contributed by atoms with Gasteiger partial charge in [-0.2, -0.15) is 0 Å². The van der Waals surface area contributed by atoms with Crippen molar-refractivity contribution in [3.8, 4) is 0 Å². The Hall–Kier alpha value is -0.220. The number of rotatable bonds is 7. The standard InChI is InChI=1S/C13H20ClNOS/c1-3-15(4-2)7-8-17-12-6-5-11(10-16)13(14)9-12/h5-6,9,16H,3-4,7-8,10H2,1-2H3. The molecule has 0 bridgehead atoms. The summed E-state index contributed by atoms with van der Waals surface area (Å²) in [5.41, 5.74) is 0.791. The summed E-state index contributed by atoms with van der Waals surface area (Å²) < 4.78 is 0. The van der Waals surface area contributed by atoms with Gasteiger partial charge in [0.05, 0.1) is 6.61 Å². The summed E-state index contributed by atoms with van der Waals surface area (Å²) in [4.78, 5) is 3.57. The molecule has 0 fully saturated rings. The van der Waals surface area contributed by atoms with E-state index in [1.165, 1.54) is 4.90 Å². The molecule has 0 aliphatic heterocycles. The summed E-state index contributed by atoms with van der Waals surface area (Å²) >= 11 is 7.85. The van der Waals surface area contributed by atoms with E-state index in [0.29, 0.717) is 5.02 Å². The fourth-order valence-electron chi connectivity index (χ4n) is 1.58. The third kappa shape index (κ3) is 4.88. The number of hydrogen-bond acceptors (Lipinski definition) is 3. The summed E-state index contributed by atoms with van der Waals surface area (Å²) in [6, 6.07) is 5.84. The molecule has 0 saturated carbocycles. The lowest BCUT2D eigenvalue weighted by molar-refractivity contribution is 0.282. The first-order valence-electron chi connectivity index (χ1n) is 5.95. The molecule has 0 aliphatic carbocycles. The van der Waals surface area contributed by atoms with Gasteiger partial charge in [-0.25, -0.2) is 0 Å². The lowest BCUT2D eigenvalue weighted by Gasteiger charge is -2.17. The molecule has 0 amide bonds. The molecule has 4 heteroatoms. The number of benzene rings is 1. The minimum absolute atomic E-state index is 0.00320. The van der Waals surface area contributed by atoms with Gasteiger partial charge in [0.15, 0.2) is 0 Å². The fourth-order valence-corrected chi connectivity index (χ4v) is 2.83. The van der Waals surface area contributed by atoms with Crippen LogP contribution in [0.15, 0.2) is 23.1 Å². The van der Waals surface area contributed by atoms with Crippen LogP contribution in [-0.2, 0) is 6.61 Å². The average molecular weight is 274 g/mol. The highest BCUT2D eigenvalue weighted by molar-refractivity contribution is 7.99. The molecule has 96 valence electrons. The van der Waals surface area contributed by atoms with Crippen LogP contribution in [0.5, 0.6) is 0 Å². The van der Waals surface area contributed by atoms with Gasteiger partial charge in [0.2, 0.25) is 0 Å². The van der Waals surface area contributed by atoms with Crippen molar-refractivity contribution in [3.63, 3.8) is 0 Å². The third-order valence-electron chi connectivity index (χ3n) is 2.77. The van der Waals surface area contributed by atoms with E-state index in [1.54, 1.807) is 11.8 Å². The van der Waals surface area contributed by atoms with Crippen molar-refractivity contribution in [1.29, 1.82) is 0 Å². The van der Waals surface area contributed by atoms with Crippen LogP contribution in [0.25, 0.3) is 0 Å². The second-order valence-corrected chi connectivity index (χ2v) is 5.36. The van der Waals surface area contributed by atoms with E-state index < -0.39 is 0 Å². The Labute approximate surface area is 113 Å². The third-order valence-corrected chi connectivity index (χ3v) is 4.09. The molecular formula is C13H20ClNOS. The number of hydrogen-bond donors (Lipinski definition) is 1. The maximum Gasteiger partial charge on any atom is 0.0696 e. The summed E-state index contributed by atoms with van der Waals surface area (Å²) in [5.74, 6) is 1.07. The van der Waals surface area contributed by atoms with Crippen LogP contribution in [0.2, 0.25) is 5.02 Å². The van der Waals surface area contributed by atoms with Crippen molar-refractivity contribution in [2.45, 2.75) is 25.3 Å². The van der Waals surface area contributed by atoms with Gasteiger partial charge in [0, 0.05) is 22.2 Å². The van der Waals surface area contributed by atoms with E-state index in [9.17, 15) is 0 Å². The molecule has 1 aromatic rings. The molecule has 0 spiro atoms. The Kier molecular flexibility index (Phi) is 6.97. The fraction of sp³-hybridized carbons (Fsp3) is 0.538. The van der Waals surface area contributed by atoms with Gasteiger partial charge in [-0.05, 0) is 30.8 Å². The molecule has 1 aromatic carbocycles. The summed E-state index contributed by atoms with van der Waals surface area (Å²) in [6.45, 7) is 7.66. The normalized spacial score (nSPS) is 11.1. The Morgan fingerprint density at radius 3 is 2.53 bits per heavy atom. The van der Waals surface area contributed by atoms with E-state index in [4.69, 9.17) is 16.7 Å². The largest absolute Gasteiger partial charge is 0.392 e. The number of aliphatic hydroxyl groups excluding tert-OH is 1. The highest BCUT2D eigenvalue weighted by atomic mass is 35.5. The maximum absolute atomic E-state index is 9.02. The van der Waals surface area contributed by atoms with Crippen molar-refractivity contribution in [2.24, 2.45) is 0 Å². The lowest BCUT2D eigenvalue weighted by Crippen LogP contribution is -2.25. The molecule has 0 aromatic heterocycles. The van der Waals surface area contributed by atoms with Gasteiger partial charge in [-0.3, -0.25) is 0 Å². The van der Waals surface area contributed by atoms with Gasteiger partial charge in [0.25, 0.3) is 0 Å². The van der Waals surface area contributed by atoms with Gasteiger partial charge in [-0.1, -0.05) is 31.5 Å². The van der Waals surface area contributed by atoms with Crippen LogP contribution in [0.1, 0.15) is 19.4 Å². The van der Waals surface area contributed by atoms with Crippen molar-refractivity contribution >= 4 is 23.4 Å². The molecule has 0 unspecified atom stereocenters. The highest BCUT2D eigenvalue weighted by Gasteiger charge is 2.03. The average Bonchev–Trinajstić information content (AvgIpc) is 2.35. The quantitative estimate of drug-likeness (QED) is 0.772. The molecular weight excluding hydrogens is 254 g/mol. The Bertz CT molecular complexity index is 342. The van der Waals surface area contributed by atoms with E-state index in [0.717, 1.165) is 31.0 Å². The summed E-state index contributed by atoms with van der Waals surface area (Å²) in [5, 5.41) is 9.68. The van der Waals surface area contributed by atoms with E-state index in [-0.39, 0.29) is 6.61 Å². The second-order valence-electron chi connectivity index (χ2n) is 3.79. The minimum Gasteiger partial charge on any atom is -0.392 e. The van der Waals surface area contributed by atoms with Crippen molar-refractivity contribution in [1.82, 2.24) is 4.90 Å². The molecule has 0 heterocycles. The molecule has 1 N–H and O–H groups in total. The maximum atomic E-state index is 9.02. The lowest BCUT2D eigenvalue weighted by atomic mass is 10.2. The van der Waals surface area contributed by atoms with Crippen molar-refractivity contribution in [2.75, 3.05) is 25.4 Å². The zero-order valence-electron chi connectivity index (χ0n) is 10.4. The SMILES string of the molecule is CCN(CC)CCSc1ccc(CO)c(Cl)c1. The monoisotopic (exact) mass is 273 g/mol. The Morgan fingerprint density at radius 2 is 2.00 bits per heavy atom. The predicted octanol–water partition coefficient (Wildman–Crippen LogP) is 3.27. The summed E-state index contributed by atoms with van der Waals surface area (Å²) in [7, 11) is 0. The van der Waals surface area contributed by atoms with Crippen LogP contribution in [-0.4, -0.2) is 35.4 Å². The smallest absolute Gasteiger partial charge is 0.0696 e. The molecule has 0 aliphatic rings. The Morgan fingerprint density at radius 1 is 1.29 bits per heavy atom. The first-order valence-corrected chi connectivity index (χ1v) is 7.32. The molecule has 0 saturated heterocycles. The van der Waals surface area contributed by atoms with Crippen LogP contribution in [0.3, 0.4) is 0 Å². The van der Waals surface area contributed by atoms with Crippen molar-refractivity contribution in [3.05, 3.63) is 28.8 Å². The first kappa shape index (κ1) is 14.8. The van der Waals surface area contributed by atoms with Gasteiger partial charge >= 0.3 is 0 Å². The van der Waals surface area contributed by atoms with Gasteiger partial charge in [-0.15, -0.1) is 11.8 Å². The van der Waals surface area contributed by atoms with E-state index in [1.807, 2.05) is 18.2 Å². The molecule has 2 nitrogen and oxygen atoms in total. The van der Waals surface area contributed by atoms with Crippen molar-refractivity contribution < 1.29 is 5.11 Å². The van der Waals surface area contributed by atoms with E-state index in [2.05, 4.69) is 18.7 Å². The van der Waals surface area contributed by atoms with Crippen LogP contribution < -0.4 is 0 Å². The minimum atomic E-state index is 0.00320. The molecule has 1 rings (SSSR count). The summed E-state index contributed by atoms with van der Waals surface area (Å²) in [6.07, 6.45) is 0. The second kappa shape index (κ2) is 7.98. The number of halogens is 1. The first-order chi connectivity index (χ1) is 8.21. The van der Waals surface area contributed by atoms with E-state index >= 15 is 0 Å². The molecule has 0 atom stereocenters. The van der Waals surface area contributed by atoms with Gasteiger partial charge < -0.3 is 10.0 Å². The molecule has 17 heavy (non-hydrogen) atoms. The number of thioether (sulfide) groups is 1. The highest BCUT2D eigenvalue weighted by Crippen LogP contribution is 2.25. The topological polar surface area (TPSA) is 23.5 Å². The Balaban J connectivity index is 2.44. The zero-order chi connectivity index (χ0) is 12.7. The molecule has 0 radical (unpaired) electrons. The van der Waals surface area contributed by atoms with Crippen LogP contribution in [0.4, 0.5) is 0 Å². The number of aliphatic hydroxyl groups is 1. The number of nitrogens with zero attached hydrogens (tertiary/aromatic N) is 1. The van der Waals surface area contributed by atoms with Crippen LogP contribution >= 0.6 is 23.4 Å². The zero-order valence-corrected chi connectivity index (χ0v) is 12.0. The predicted molar refractivity (Wildman–Crippen MR) is 75.9 cm³/mol. The van der Waals surface area contributed by atoms with Crippen LogP contribution in [0, 0.1) is 0 Å². The van der Waals surface area contributed by atoms with Gasteiger partial charge in [0.1, 0.15) is 0 Å².